The second kappa shape index (κ2) is 14.7. The highest BCUT2D eigenvalue weighted by atomic mass is 16.5. The van der Waals surface area contributed by atoms with Crippen molar-refractivity contribution < 1.29 is 22.6 Å². The van der Waals surface area contributed by atoms with Crippen LogP contribution in [0.4, 0.5) is 22.7 Å². The smallest absolute Gasteiger partial charge is 0.186 e. The summed E-state index contributed by atoms with van der Waals surface area (Å²) in [6.45, 7) is 5.75. The van der Waals surface area contributed by atoms with Gasteiger partial charge in [-0.2, -0.15) is 0 Å². The number of para-hydroxylation sites is 2. The van der Waals surface area contributed by atoms with Crippen LogP contribution in [0.25, 0.3) is 61.0 Å². The van der Waals surface area contributed by atoms with Gasteiger partial charge in [0.25, 0.3) is 0 Å². The topological polar surface area (TPSA) is 27.1 Å². The maximum atomic E-state index is 9.19. The van der Waals surface area contributed by atoms with Crippen LogP contribution in [0, 0.1) is 13.5 Å². The SMILES string of the molecule is [2H]c1c([2H])c([2H])c(-c2cccc(-c3c([2H])c([2H])c([2H])c([2H])c3[2H])c2[N@+]23[CH-][N@+](c4cccc(Oc5ccc6c7cc(-c8ccccc8)ccc7n(-c7cc(C(C)(C)C)ccn7)c6c5)c4)(C2)c2cccc(C([2H])([2H])[2H])c23)c([2H])c1[2H]. The summed E-state index contributed by atoms with van der Waals surface area (Å²) >= 11 is 0. The molecule has 0 amide bonds. The van der Waals surface area contributed by atoms with E-state index in [1.807, 2.05) is 79.6 Å². The van der Waals surface area contributed by atoms with Gasteiger partial charge in [-0.05, 0) is 101 Å². The summed E-state index contributed by atoms with van der Waals surface area (Å²) in [5.41, 5.74) is 6.52. The molecule has 0 radical (unpaired) electrons. The summed E-state index contributed by atoms with van der Waals surface area (Å²) in [5.74, 6) is 1.77. The Morgan fingerprint density at radius 3 is 2.03 bits per heavy atom. The summed E-state index contributed by atoms with van der Waals surface area (Å²) in [7, 11) is 0. The monoisotopic (exact) mass is 854 g/mol. The van der Waals surface area contributed by atoms with Gasteiger partial charge in [-0.3, -0.25) is 13.5 Å². The van der Waals surface area contributed by atoms with E-state index in [1.54, 1.807) is 24.3 Å². The minimum absolute atomic E-state index is 0.0221. The largest absolute Gasteiger partial charge is 0.457 e. The minimum Gasteiger partial charge on any atom is -0.457 e. The van der Waals surface area contributed by atoms with Crippen LogP contribution in [0.5, 0.6) is 11.5 Å². The molecule has 0 N–H and O–H groups in total. The number of rotatable bonds is 8. The number of aromatic nitrogens is 2. The van der Waals surface area contributed by atoms with Gasteiger partial charge in [-0.15, -0.1) is 0 Å². The lowest BCUT2D eigenvalue weighted by Crippen LogP contribution is -2.67. The van der Waals surface area contributed by atoms with Crippen LogP contribution in [0.3, 0.4) is 0 Å². The fourth-order valence-corrected chi connectivity index (χ4v) is 9.94. The van der Waals surface area contributed by atoms with Crippen LogP contribution >= 0.6 is 0 Å². The van der Waals surface area contributed by atoms with Crippen molar-refractivity contribution in [3.63, 3.8) is 0 Å². The van der Waals surface area contributed by atoms with Crippen LogP contribution in [-0.2, 0) is 5.41 Å². The van der Waals surface area contributed by atoms with Crippen LogP contribution in [0.2, 0.25) is 0 Å². The Morgan fingerprint density at radius 1 is 0.600 bits per heavy atom. The minimum atomic E-state index is -2.70. The van der Waals surface area contributed by atoms with Gasteiger partial charge >= 0.3 is 0 Å². The van der Waals surface area contributed by atoms with Gasteiger partial charge in [0, 0.05) is 56.0 Å². The Labute approximate surface area is 399 Å². The summed E-state index contributed by atoms with van der Waals surface area (Å²) in [5, 5.41) is 2.04. The molecule has 5 heterocycles. The van der Waals surface area contributed by atoms with E-state index in [9.17, 15) is 5.48 Å². The predicted molar refractivity (Wildman–Crippen MR) is 270 cm³/mol. The Morgan fingerprint density at radius 2 is 1.31 bits per heavy atom. The Kier molecular flexibility index (Phi) is 6.26. The van der Waals surface area contributed by atoms with Crippen LogP contribution < -0.4 is 13.7 Å². The predicted octanol–water partition coefficient (Wildman–Crippen LogP) is 16.0. The molecule has 8 aromatic carbocycles. The van der Waals surface area contributed by atoms with E-state index in [0.717, 1.165) is 44.3 Å². The van der Waals surface area contributed by atoms with Gasteiger partial charge in [-0.25, -0.2) is 4.98 Å². The van der Waals surface area contributed by atoms with E-state index in [4.69, 9.17) is 22.1 Å². The molecule has 0 spiro atoms. The normalized spacial score (nSPS) is 20.6. The van der Waals surface area contributed by atoms with Crippen molar-refractivity contribution in [1.29, 1.82) is 0 Å². The van der Waals surface area contributed by atoms with E-state index in [0.29, 0.717) is 28.6 Å². The molecule has 65 heavy (non-hydrogen) atoms. The zero-order valence-corrected chi connectivity index (χ0v) is 35.8. The Balaban J connectivity index is 1.03. The average Bonchev–Trinajstić information content (AvgIpc) is 2.03. The van der Waals surface area contributed by atoms with E-state index < -0.39 is 71.8 Å². The molecule has 2 aromatic heterocycles. The number of pyridine rings is 1. The molecule has 10 aromatic rings. The second-order valence-corrected chi connectivity index (χ2v) is 17.7. The van der Waals surface area contributed by atoms with Crippen molar-refractivity contribution in [2.24, 2.45) is 0 Å². The number of hydrogen-bond donors (Lipinski definition) is 0. The molecule has 3 aliphatic heterocycles. The highest BCUT2D eigenvalue weighted by Gasteiger charge is 2.64. The molecule has 1 fully saturated rings. The molecule has 0 saturated carbocycles. The number of ether oxygens (including phenoxy) is 1. The fraction of sp³-hybridized carbons (Fsp3) is 0.100. The number of quaternary nitrogens is 2. The standard InChI is InChI=1S/C60H49N4O/c1-41-17-14-28-56-58(41)64(59-50(43-20-10-6-11-21-43)26-16-27-51(59)44-22-12-7-13-23-44)39-63(56,40-64)47-24-15-25-48(37-47)65-49-30-31-52-53-35-45(42-18-8-5-9-19-42)29-32-54(53)62(55(52)38-49)57-36-46(33-34-61-57)60(2,3)4/h5-39H,40H2,1-4H3/q+1/t63-,64-/m1/s1/i1D3,6D,7D,10D,11D,12D,13D,20D,21D,22D,23D. The quantitative estimate of drug-likeness (QED) is 0.112. The molecule has 2 bridgehead atoms. The van der Waals surface area contributed by atoms with Crippen molar-refractivity contribution in [2.45, 2.75) is 33.0 Å². The van der Waals surface area contributed by atoms with Gasteiger partial charge < -0.3 is 4.74 Å². The van der Waals surface area contributed by atoms with E-state index in [-0.39, 0.29) is 50.1 Å². The lowest BCUT2D eigenvalue weighted by Gasteiger charge is -2.57. The van der Waals surface area contributed by atoms with Crippen molar-refractivity contribution in [3.05, 3.63) is 224 Å². The first-order valence-electron chi connectivity index (χ1n) is 28.0. The molecular weight excluding hydrogens is 793 g/mol. The Bertz CT molecular complexity index is 4030. The number of fused-ring (bicyclic) bond motifs is 3. The molecule has 13 rings (SSSR count). The second-order valence-electron chi connectivity index (χ2n) is 17.7. The third kappa shape index (κ3) is 6.18. The lowest BCUT2D eigenvalue weighted by molar-refractivity contribution is 0.187. The summed E-state index contributed by atoms with van der Waals surface area (Å²) in [4.78, 5) is 4.90. The van der Waals surface area contributed by atoms with E-state index in [1.165, 1.54) is 6.07 Å². The first-order chi connectivity index (χ1) is 37.1. The summed E-state index contributed by atoms with van der Waals surface area (Å²) < 4.78 is 124. The molecule has 0 aliphatic carbocycles. The number of hydrogen-bond acceptors (Lipinski definition) is 2. The number of nitrogens with zero attached hydrogens (tertiary/aromatic N) is 4. The average molecular weight is 855 g/mol. The van der Waals surface area contributed by atoms with Crippen LogP contribution in [-0.4, -0.2) is 16.2 Å². The van der Waals surface area contributed by atoms with E-state index >= 15 is 0 Å². The highest BCUT2D eigenvalue weighted by Crippen LogP contribution is 2.68. The third-order valence-corrected chi connectivity index (χ3v) is 12.9. The van der Waals surface area contributed by atoms with Crippen molar-refractivity contribution in [3.8, 4) is 50.7 Å². The molecule has 0 unspecified atom stereocenters. The summed E-state index contributed by atoms with van der Waals surface area (Å²) in [6.07, 6.45) is 1.84. The first-order valence-corrected chi connectivity index (χ1v) is 21.5. The molecule has 5 nitrogen and oxygen atoms in total. The summed E-state index contributed by atoms with van der Waals surface area (Å²) in [6, 6.07) is 38.3. The van der Waals surface area contributed by atoms with Crippen LogP contribution in [0.15, 0.2) is 206 Å². The first kappa shape index (κ1) is 27.6. The molecule has 3 aliphatic rings. The van der Waals surface area contributed by atoms with Gasteiger partial charge in [0.2, 0.25) is 0 Å². The third-order valence-electron chi connectivity index (χ3n) is 12.9. The number of aryl methyl sites for hydroxylation is 1. The van der Waals surface area contributed by atoms with Gasteiger partial charge in [0.1, 0.15) is 28.7 Å². The van der Waals surface area contributed by atoms with Crippen molar-refractivity contribution >= 4 is 44.6 Å². The van der Waals surface area contributed by atoms with Gasteiger partial charge in [0.05, 0.1) is 31.4 Å². The fourth-order valence-electron chi connectivity index (χ4n) is 9.94. The zero-order valence-electron chi connectivity index (χ0n) is 48.8. The molecule has 1 saturated heterocycles. The lowest BCUT2D eigenvalue weighted by atomic mass is 9.88. The Hall–Kier alpha value is -7.57. The van der Waals surface area contributed by atoms with Crippen molar-refractivity contribution in [1.82, 2.24) is 18.5 Å². The number of benzene rings is 8. The molecule has 2 atom stereocenters. The van der Waals surface area contributed by atoms with Crippen LogP contribution in [0.1, 0.15) is 49.7 Å². The highest BCUT2D eigenvalue weighted by molar-refractivity contribution is 6.11. The maximum absolute atomic E-state index is 9.19. The van der Waals surface area contributed by atoms with Gasteiger partial charge in [0.15, 0.2) is 18.0 Å². The maximum Gasteiger partial charge on any atom is 0.186 e. The molecule has 5 heteroatoms. The zero-order chi connectivity index (χ0) is 55.1. The molecule has 314 valence electrons. The van der Waals surface area contributed by atoms with Gasteiger partial charge in [-0.1, -0.05) is 142 Å². The van der Waals surface area contributed by atoms with E-state index in [2.05, 4.69) is 67.8 Å². The molecular formula is C60H49N4O+. The van der Waals surface area contributed by atoms with Crippen molar-refractivity contribution in [2.75, 3.05) is 6.67 Å².